The summed E-state index contributed by atoms with van der Waals surface area (Å²) in [5.74, 6) is 2.23. The van der Waals surface area contributed by atoms with Gasteiger partial charge in [-0.05, 0) is 12.5 Å². The molecule has 0 saturated heterocycles. The van der Waals surface area contributed by atoms with Crippen LogP contribution in [0, 0.1) is 5.41 Å². The summed E-state index contributed by atoms with van der Waals surface area (Å²) >= 11 is 0. The molecule has 0 fully saturated rings. The predicted molar refractivity (Wildman–Crippen MR) is 71.8 cm³/mol. The number of ether oxygens (including phenoxy) is 2. The van der Waals surface area contributed by atoms with Gasteiger partial charge in [0, 0.05) is 24.5 Å². The van der Waals surface area contributed by atoms with Crippen LogP contribution in [0.2, 0.25) is 0 Å². The highest BCUT2D eigenvalue weighted by Crippen LogP contribution is 2.34. The van der Waals surface area contributed by atoms with Crippen LogP contribution >= 0.6 is 0 Å². The first-order valence-electron chi connectivity index (χ1n) is 6.19. The lowest BCUT2D eigenvalue weighted by atomic mass is 10.2. The first kappa shape index (κ1) is 11.8. The molecular weight excluding hydrogens is 244 g/mol. The van der Waals surface area contributed by atoms with Gasteiger partial charge in [-0.25, -0.2) is 4.98 Å². The second kappa shape index (κ2) is 4.46. The summed E-state index contributed by atoms with van der Waals surface area (Å²) in [4.78, 5) is 4.33. The van der Waals surface area contributed by atoms with E-state index in [1.807, 2.05) is 16.7 Å². The number of nitrogens with zero attached hydrogens (tertiary/aromatic N) is 2. The third kappa shape index (κ3) is 1.80. The zero-order valence-electron chi connectivity index (χ0n) is 11.0. The van der Waals surface area contributed by atoms with Gasteiger partial charge in [-0.2, -0.15) is 0 Å². The van der Waals surface area contributed by atoms with E-state index in [4.69, 9.17) is 14.9 Å². The summed E-state index contributed by atoms with van der Waals surface area (Å²) < 4.78 is 12.5. The minimum atomic E-state index is 0.266. The molecule has 0 radical (unpaired) electrons. The van der Waals surface area contributed by atoms with E-state index in [1.54, 1.807) is 14.2 Å². The minimum absolute atomic E-state index is 0.266. The largest absolute Gasteiger partial charge is 0.493 e. The molecule has 0 amide bonds. The van der Waals surface area contributed by atoms with Crippen molar-refractivity contribution in [2.45, 2.75) is 13.0 Å². The lowest BCUT2D eigenvalue weighted by Crippen LogP contribution is -2.31. The molecule has 2 aromatic rings. The SMILES string of the molecule is COc1cc2nc(=N)n3c(c2cc1OC)NCCC3. The van der Waals surface area contributed by atoms with Gasteiger partial charge in [0.05, 0.1) is 19.7 Å². The Hall–Kier alpha value is -2.24. The zero-order chi connectivity index (χ0) is 13.4. The Kier molecular flexibility index (Phi) is 2.77. The third-order valence-electron chi connectivity index (χ3n) is 3.36. The third-order valence-corrected chi connectivity index (χ3v) is 3.36. The van der Waals surface area contributed by atoms with Crippen molar-refractivity contribution in [3.05, 3.63) is 17.8 Å². The maximum atomic E-state index is 8.00. The van der Waals surface area contributed by atoms with Crippen molar-refractivity contribution in [1.29, 1.82) is 5.41 Å². The molecule has 1 aliphatic rings. The summed E-state index contributed by atoms with van der Waals surface area (Å²) in [7, 11) is 3.21. The fourth-order valence-electron chi connectivity index (χ4n) is 2.43. The highest BCUT2D eigenvalue weighted by molar-refractivity contribution is 5.92. The van der Waals surface area contributed by atoms with Crippen molar-refractivity contribution in [2.75, 3.05) is 26.1 Å². The van der Waals surface area contributed by atoms with Gasteiger partial charge in [0.15, 0.2) is 11.5 Å². The van der Waals surface area contributed by atoms with Crippen LogP contribution in [-0.4, -0.2) is 30.3 Å². The zero-order valence-corrected chi connectivity index (χ0v) is 11.0. The average Bonchev–Trinajstić information content (AvgIpc) is 2.46. The van der Waals surface area contributed by atoms with Crippen LogP contribution in [0.5, 0.6) is 11.5 Å². The Labute approximate surface area is 110 Å². The molecular formula is C13H16N4O2. The molecule has 2 N–H and O–H groups in total. The summed E-state index contributed by atoms with van der Waals surface area (Å²) in [5.41, 5.74) is 1.00. The lowest BCUT2D eigenvalue weighted by molar-refractivity contribution is 0.355. The molecule has 0 bridgehead atoms. The number of methoxy groups -OCH3 is 2. The van der Waals surface area contributed by atoms with Gasteiger partial charge in [0.1, 0.15) is 5.82 Å². The average molecular weight is 260 g/mol. The monoisotopic (exact) mass is 260 g/mol. The van der Waals surface area contributed by atoms with Gasteiger partial charge in [-0.1, -0.05) is 0 Å². The van der Waals surface area contributed by atoms with E-state index >= 15 is 0 Å². The smallest absolute Gasteiger partial charge is 0.224 e. The Morgan fingerprint density at radius 1 is 1.26 bits per heavy atom. The highest BCUT2D eigenvalue weighted by Gasteiger charge is 2.16. The van der Waals surface area contributed by atoms with Crippen LogP contribution in [0.3, 0.4) is 0 Å². The van der Waals surface area contributed by atoms with Gasteiger partial charge < -0.3 is 14.8 Å². The van der Waals surface area contributed by atoms with E-state index in [2.05, 4.69) is 10.3 Å². The Balaban J connectivity index is 2.35. The van der Waals surface area contributed by atoms with Gasteiger partial charge in [-0.3, -0.25) is 9.98 Å². The van der Waals surface area contributed by atoms with Crippen LogP contribution in [0.1, 0.15) is 6.42 Å². The summed E-state index contributed by atoms with van der Waals surface area (Å²) in [6.07, 6.45) is 1.00. The van der Waals surface area contributed by atoms with Gasteiger partial charge in [0.2, 0.25) is 5.62 Å². The molecule has 1 aromatic carbocycles. The van der Waals surface area contributed by atoms with Crippen LogP contribution < -0.4 is 20.4 Å². The number of fused-ring (bicyclic) bond motifs is 3. The molecule has 19 heavy (non-hydrogen) atoms. The molecule has 100 valence electrons. The fraction of sp³-hybridized carbons (Fsp3) is 0.385. The Morgan fingerprint density at radius 2 is 2.00 bits per heavy atom. The number of hydrogen-bond donors (Lipinski definition) is 2. The van der Waals surface area contributed by atoms with E-state index in [0.717, 1.165) is 36.2 Å². The first-order valence-corrected chi connectivity index (χ1v) is 6.19. The number of rotatable bonds is 2. The van der Waals surface area contributed by atoms with Gasteiger partial charge in [0.25, 0.3) is 0 Å². The molecule has 0 saturated carbocycles. The second-order valence-electron chi connectivity index (χ2n) is 4.44. The molecule has 0 aliphatic carbocycles. The maximum Gasteiger partial charge on any atom is 0.224 e. The van der Waals surface area contributed by atoms with Crippen LogP contribution in [-0.2, 0) is 6.54 Å². The quantitative estimate of drug-likeness (QED) is 0.855. The van der Waals surface area contributed by atoms with Crippen molar-refractivity contribution >= 4 is 16.7 Å². The number of hydrogen-bond acceptors (Lipinski definition) is 5. The van der Waals surface area contributed by atoms with Crippen molar-refractivity contribution in [2.24, 2.45) is 0 Å². The number of nitrogens with one attached hydrogen (secondary N) is 2. The van der Waals surface area contributed by atoms with E-state index < -0.39 is 0 Å². The minimum Gasteiger partial charge on any atom is -0.493 e. The van der Waals surface area contributed by atoms with Crippen molar-refractivity contribution in [3.63, 3.8) is 0 Å². The molecule has 0 unspecified atom stereocenters. The molecule has 6 nitrogen and oxygen atoms in total. The van der Waals surface area contributed by atoms with Crippen molar-refractivity contribution in [1.82, 2.24) is 9.55 Å². The second-order valence-corrected chi connectivity index (χ2v) is 4.44. The van der Waals surface area contributed by atoms with E-state index in [0.29, 0.717) is 11.5 Å². The number of benzene rings is 1. The molecule has 3 rings (SSSR count). The molecule has 6 heteroatoms. The maximum absolute atomic E-state index is 8.00. The number of anilines is 1. The lowest BCUT2D eigenvalue weighted by Gasteiger charge is -2.22. The fourth-order valence-corrected chi connectivity index (χ4v) is 2.43. The van der Waals surface area contributed by atoms with Gasteiger partial charge in [-0.15, -0.1) is 0 Å². The topological polar surface area (TPSA) is 72.2 Å². The van der Waals surface area contributed by atoms with Crippen molar-refractivity contribution in [3.8, 4) is 11.5 Å². The summed E-state index contributed by atoms with van der Waals surface area (Å²) in [6, 6.07) is 3.72. The van der Waals surface area contributed by atoms with Crippen LogP contribution in [0.15, 0.2) is 12.1 Å². The molecule has 2 heterocycles. The first-order chi connectivity index (χ1) is 9.24. The molecule has 1 aromatic heterocycles. The van der Waals surface area contributed by atoms with E-state index in [1.165, 1.54) is 0 Å². The standard InChI is InChI=1S/C13H16N4O2/c1-18-10-6-8-9(7-11(10)19-2)16-13(14)17-5-3-4-15-12(8)17/h6-7,14-15H,3-5H2,1-2H3. The van der Waals surface area contributed by atoms with E-state index in [-0.39, 0.29) is 5.62 Å². The Morgan fingerprint density at radius 3 is 2.74 bits per heavy atom. The highest BCUT2D eigenvalue weighted by atomic mass is 16.5. The number of aromatic nitrogens is 2. The summed E-state index contributed by atoms with van der Waals surface area (Å²) in [5, 5.41) is 12.3. The predicted octanol–water partition coefficient (Wildman–Crippen LogP) is 1.35. The normalized spacial score (nSPS) is 13.8. The molecule has 0 atom stereocenters. The Bertz CT molecular complexity index is 693. The molecule has 0 spiro atoms. The summed E-state index contributed by atoms with van der Waals surface area (Å²) in [6.45, 7) is 1.73. The van der Waals surface area contributed by atoms with Crippen LogP contribution in [0.4, 0.5) is 5.82 Å². The molecule has 1 aliphatic heterocycles. The van der Waals surface area contributed by atoms with E-state index in [9.17, 15) is 0 Å². The van der Waals surface area contributed by atoms with Crippen LogP contribution in [0.25, 0.3) is 10.9 Å². The van der Waals surface area contributed by atoms with Gasteiger partial charge >= 0.3 is 0 Å². The van der Waals surface area contributed by atoms with Crippen molar-refractivity contribution < 1.29 is 9.47 Å².